The number of rotatable bonds is 6. The highest BCUT2D eigenvalue weighted by atomic mass is 16.5. The predicted octanol–water partition coefficient (Wildman–Crippen LogP) is -0.569. The largest absolute Gasteiger partial charge is 0.469 e. The van der Waals surface area contributed by atoms with Gasteiger partial charge in [0.1, 0.15) is 0 Å². The summed E-state index contributed by atoms with van der Waals surface area (Å²) < 4.78 is 4.61. The van der Waals surface area contributed by atoms with Crippen LogP contribution < -0.4 is 5.73 Å². The van der Waals surface area contributed by atoms with Crippen LogP contribution in [0.5, 0.6) is 0 Å². The Morgan fingerprint density at radius 3 is 2.33 bits per heavy atom. The molecule has 0 spiro atoms. The second kappa shape index (κ2) is 7.33. The lowest BCUT2D eigenvalue weighted by Crippen LogP contribution is -2.54. The molecule has 104 valence electrons. The van der Waals surface area contributed by atoms with E-state index in [0.717, 1.165) is 32.6 Å². The van der Waals surface area contributed by atoms with Crippen molar-refractivity contribution in [3.8, 4) is 0 Å². The van der Waals surface area contributed by atoms with Gasteiger partial charge in [-0.1, -0.05) is 6.92 Å². The zero-order valence-corrected chi connectivity index (χ0v) is 11.2. The summed E-state index contributed by atoms with van der Waals surface area (Å²) in [4.78, 5) is 26.6. The summed E-state index contributed by atoms with van der Waals surface area (Å²) in [6, 6.07) is -0.159. The van der Waals surface area contributed by atoms with Crippen LogP contribution in [0.25, 0.3) is 0 Å². The van der Waals surface area contributed by atoms with E-state index in [2.05, 4.69) is 14.5 Å². The number of nitrogens with two attached hydrogens (primary N) is 1. The molecule has 0 bridgehead atoms. The lowest BCUT2D eigenvalue weighted by atomic mass is 10.1. The van der Waals surface area contributed by atoms with Gasteiger partial charge in [-0.25, -0.2) is 0 Å². The zero-order valence-electron chi connectivity index (χ0n) is 11.2. The summed E-state index contributed by atoms with van der Waals surface area (Å²) in [5, 5.41) is 0. The Labute approximate surface area is 108 Å². The molecule has 2 N–H and O–H groups in total. The summed E-state index contributed by atoms with van der Waals surface area (Å²) in [7, 11) is 1.40. The minimum absolute atomic E-state index is 0.159. The molecule has 1 rings (SSSR count). The predicted molar refractivity (Wildman–Crippen MR) is 67.9 cm³/mol. The second-order valence-corrected chi connectivity index (χ2v) is 4.53. The summed E-state index contributed by atoms with van der Waals surface area (Å²) in [6.45, 7) is 6.06. The maximum absolute atomic E-state index is 11.3. The van der Waals surface area contributed by atoms with Crippen LogP contribution in [0.3, 0.4) is 0 Å². The van der Waals surface area contributed by atoms with Crippen molar-refractivity contribution < 1.29 is 14.3 Å². The summed E-state index contributed by atoms with van der Waals surface area (Å²) in [5.74, 6) is -0.429. The second-order valence-electron chi connectivity index (χ2n) is 4.53. The van der Waals surface area contributed by atoms with Crippen LogP contribution in [0.15, 0.2) is 0 Å². The third kappa shape index (κ3) is 4.27. The fourth-order valence-corrected chi connectivity index (χ4v) is 2.29. The number of piperazine rings is 1. The summed E-state index contributed by atoms with van der Waals surface area (Å²) in [5.41, 5.74) is 5.37. The maximum Gasteiger partial charge on any atom is 0.306 e. The number of carbonyl (C=O) groups is 2. The van der Waals surface area contributed by atoms with E-state index in [1.54, 1.807) is 0 Å². The van der Waals surface area contributed by atoms with Crippen molar-refractivity contribution in [2.24, 2.45) is 5.73 Å². The van der Waals surface area contributed by atoms with Gasteiger partial charge in [0, 0.05) is 32.7 Å². The molecule has 1 unspecified atom stereocenters. The summed E-state index contributed by atoms with van der Waals surface area (Å²) in [6.07, 6.45) is 1.17. The fraction of sp³-hybridized carbons (Fsp3) is 0.833. The lowest BCUT2D eigenvalue weighted by molar-refractivity contribution is -0.141. The molecule has 1 aliphatic heterocycles. The van der Waals surface area contributed by atoms with E-state index in [1.807, 2.05) is 6.92 Å². The molecule has 1 amide bonds. The Balaban J connectivity index is 2.32. The molecule has 6 nitrogen and oxygen atoms in total. The molecule has 0 radical (unpaired) electrons. The summed E-state index contributed by atoms with van der Waals surface area (Å²) >= 11 is 0. The molecule has 0 aromatic heterocycles. The number of hydrogen-bond acceptors (Lipinski definition) is 5. The molecule has 1 aliphatic rings. The van der Waals surface area contributed by atoms with Gasteiger partial charge in [0.05, 0.1) is 19.6 Å². The van der Waals surface area contributed by atoms with Gasteiger partial charge in [0.2, 0.25) is 5.91 Å². The van der Waals surface area contributed by atoms with Gasteiger partial charge in [-0.15, -0.1) is 0 Å². The highest BCUT2D eigenvalue weighted by Gasteiger charge is 2.26. The topological polar surface area (TPSA) is 75.9 Å². The van der Waals surface area contributed by atoms with Crippen LogP contribution in [0, 0.1) is 0 Å². The van der Waals surface area contributed by atoms with Crippen LogP contribution in [-0.2, 0) is 14.3 Å². The molecule has 0 saturated carbocycles. The molecule has 1 heterocycles. The molecule has 6 heteroatoms. The van der Waals surface area contributed by atoms with E-state index in [-0.39, 0.29) is 17.9 Å². The number of nitrogens with zero attached hydrogens (tertiary/aromatic N) is 2. The third-order valence-corrected chi connectivity index (χ3v) is 3.42. The van der Waals surface area contributed by atoms with Crippen LogP contribution in [0.1, 0.15) is 19.8 Å². The molecular weight excluding hydrogens is 234 g/mol. The number of ether oxygens (including phenoxy) is 1. The van der Waals surface area contributed by atoms with Crippen molar-refractivity contribution in [1.82, 2.24) is 9.80 Å². The van der Waals surface area contributed by atoms with Crippen LogP contribution in [0.2, 0.25) is 0 Å². The lowest BCUT2D eigenvalue weighted by Gasteiger charge is -2.37. The van der Waals surface area contributed by atoms with Crippen molar-refractivity contribution in [2.45, 2.75) is 25.8 Å². The van der Waals surface area contributed by atoms with E-state index < -0.39 is 0 Å². The average Bonchev–Trinajstić information content (AvgIpc) is 2.37. The van der Waals surface area contributed by atoms with E-state index in [1.165, 1.54) is 7.11 Å². The number of esters is 1. The quantitative estimate of drug-likeness (QED) is 0.645. The molecule has 1 fully saturated rings. The van der Waals surface area contributed by atoms with Gasteiger partial charge < -0.3 is 15.4 Å². The molecule has 0 aromatic rings. The third-order valence-electron chi connectivity index (χ3n) is 3.42. The Morgan fingerprint density at radius 1 is 1.28 bits per heavy atom. The highest BCUT2D eigenvalue weighted by Crippen LogP contribution is 2.09. The number of methoxy groups -OCH3 is 1. The van der Waals surface area contributed by atoms with E-state index in [9.17, 15) is 9.59 Å². The SMILES string of the molecule is CCC(C(N)=O)N1CCN(CCC(=O)OC)CC1. The van der Waals surface area contributed by atoms with Gasteiger partial charge in [0.25, 0.3) is 0 Å². The van der Waals surface area contributed by atoms with Gasteiger partial charge in [0.15, 0.2) is 0 Å². The minimum atomic E-state index is -0.250. The van der Waals surface area contributed by atoms with Crippen molar-refractivity contribution >= 4 is 11.9 Å². The Hall–Kier alpha value is -1.14. The first-order chi connectivity index (χ1) is 8.58. The number of amides is 1. The fourth-order valence-electron chi connectivity index (χ4n) is 2.29. The smallest absolute Gasteiger partial charge is 0.306 e. The number of primary amides is 1. The maximum atomic E-state index is 11.3. The monoisotopic (exact) mass is 257 g/mol. The molecule has 1 saturated heterocycles. The van der Waals surface area contributed by atoms with Crippen molar-refractivity contribution in [3.05, 3.63) is 0 Å². The Morgan fingerprint density at radius 2 is 1.89 bits per heavy atom. The first kappa shape index (κ1) is 14.9. The van der Waals surface area contributed by atoms with Crippen molar-refractivity contribution in [3.63, 3.8) is 0 Å². The minimum Gasteiger partial charge on any atom is -0.469 e. The van der Waals surface area contributed by atoms with E-state index in [4.69, 9.17) is 5.73 Å². The molecule has 0 aliphatic carbocycles. The molecular formula is C12H23N3O3. The van der Waals surface area contributed by atoms with E-state index >= 15 is 0 Å². The van der Waals surface area contributed by atoms with Crippen molar-refractivity contribution in [1.29, 1.82) is 0 Å². The van der Waals surface area contributed by atoms with Crippen LogP contribution >= 0.6 is 0 Å². The van der Waals surface area contributed by atoms with Gasteiger partial charge >= 0.3 is 5.97 Å². The van der Waals surface area contributed by atoms with E-state index in [0.29, 0.717) is 13.0 Å². The molecule has 1 atom stereocenters. The van der Waals surface area contributed by atoms with Crippen LogP contribution in [0.4, 0.5) is 0 Å². The first-order valence-corrected chi connectivity index (χ1v) is 6.41. The van der Waals surface area contributed by atoms with Crippen LogP contribution in [-0.4, -0.2) is 67.6 Å². The molecule has 0 aromatic carbocycles. The van der Waals surface area contributed by atoms with Crippen molar-refractivity contribution in [2.75, 3.05) is 39.8 Å². The molecule has 18 heavy (non-hydrogen) atoms. The average molecular weight is 257 g/mol. The Kier molecular flexibility index (Phi) is 6.07. The normalized spacial score (nSPS) is 19.4. The first-order valence-electron chi connectivity index (χ1n) is 6.41. The van der Waals surface area contributed by atoms with Gasteiger partial charge in [-0.05, 0) is 6.42 Å². The standard InChI is InChI=1S/C12H23N3O3/c1-3-10(12(13)17)15-8-6-14(7-9-15)5-4-11(16)18-2/h10H,3-9H2,1-2H3,(H2,13,17). The van der Waals surface area contributed by atoms with Gasteiger partial charge in [-0.3, -0.25) is 14.5 Å². The van der Waals surface area contributed by atoms with Gasteiger partial charge in [-0.2, -0.15) is 0 Å². The number of hydrogen-bond donors (Lipinski definition) is 1. The highest BCUT2D eigenvalue weighted by molar-refractivity contribution is 5.79. The Bertz CT molecular complexity index is 288. The number of carbonyl (C=O) groups excluding carboxylic acids is 2. The zero-order chi connectivity index (χ0) is 13.5.